The summed E-state index contributed by atoms with van der Waals surface area (Å²) in [6.45, 7) is 0. The first kappa shape index (κ1) is 16.4. The van der Waals surface area contributed by atoms with Crippen LogP contribution in [0, 0.1) is 0 Å². The highest BCUT2D eigenvalue weighted by Crippen LogP contribution is 2.43. The first-order valence-corrected chi connectivity index (χ1v) is 8.57. The van der Waals surface area contributed by atoms with Gasteiger partial charge in [-0.05, 0) is 35.9 Å². The van der Waals surface area contributed by atoms with E-state index >= 15 is 0 Å². The first-order chi connectivity index (χ1) is 10.9. The third kappa shape index (κ3) is 3.40. The Bertz CT molecular complexity index is 733. The molecular weight excluding hydrogens is 391 g/mol. The molecule has 1 atom stereocenters. The van der Waals surface area contributed by atoms with Gasteiger partial charge >= 0.3 is 6.18 Å². The van der Waals surface area contributed by atoms with E-state index in [0.29, 0.717) is 0 Å². The standard InChI is InChI=1S/C16H11BrF3NOS/c17-12-6-4-10(5-7-12)15-21(14(22)9-23-15)13-3-1-2-11(8-13)16(18,19)20/h1-8,15H,9H2. The minimum absolute atomic E-state index is 0.192. The van der Waals surface area contributed by atoms with Crippen molar-refractivity contribution < 1.29 is 18.0 Å². The molecule has 0 spiro atoms. The largest absolute Gasteiger partial charge is 0.416 e. The van der Waals surface area contributed by atoms with Crippen LogP contribution in [0.4, 0.5) is 18.9 Å². The van der Waals surface area contributed by atoms with Crippen LogP contribution in [0.3, 0.4) is 0 Å². The van der Waals surface area contributed by atoms with Crippen LogP contribution in [0.5, 0.6) is 0 Å². The van der Waals surface area contributed by atoms with Gasteiger partial charge in [-0.15, -0.1) is 11.8 Å². The van der Waals surface area contributed by atoms with Gasteiger partial charge in [-0.1, -0.05) is 34.1 Å². The lowest BCUT2D eigenvalue weighted by Gasteiger charge is -2.25. The quantitative estimate of drug-likeness (QED) is 0.684. The second-order valence-corrected chi connectivity index (χ2v) is 7.01. The molecule has 2 aromatic carbocycles. The number of hydrogen-bond acceptors (Lipinski definition) is 2. The number of carbonyl (C=O) groups excluding carboxylic acids is 1. The fourth-order valence-corrected chi connectivity index (χ4v) is 3.85. The molecule has 3 rings (SSSR count). The highest BCUT2D eigenvalue weighted by atomic mass is 79.9. The number of nitrogens with zero attached hydrogens (tertiary/aromatic N) is 1. The van der Waals surface area contributed by atoms with Crippen molar-refractivity contribution in [2.75, 3.05) is 10.7 Å². The highest BCUT2D eigenvalue weighted by Gasteiger charge is 2.36. The van der Waals surface area contributed by atoms with E-state index in [4.69, 9.17) is 0 Å². The van der Waals surface area contributed by atoms with Gasteiger partial charge in [-0.3, -0.25) is 9.69 Å². The number of alkyl halides is 3. The van der Waals surface area contributed by atoms with Crippen LogP contribution in [0.2, 0.25) is 0 Å². The molecule has 120 valence electrons. The number of amides is 1. The molecule has 23 heavy (non-hydrogen) atoms. The van der Waals surface area contributed by atoms with Crippen LogP contribution in [0.15, 0.2) is 53.0 Å². The minimum Gasteiger partial charge on any atom is -0.295 e. The van der Waals surface area contributed by atoms with E-state index in [1.165, 1.54) is 28.8 Å². The number of rotatable bonds is 2. The second-order valence-electron chi connectivity index (χ2n) is 5.03. The van der Waals surface area contributed by atoms with Crippen molar-refractivity contribution in [2.24, 2.45) is 0 Å². The van der Waals surface area contributed by atoms with Gasteiger partial charge in [0.25, 0.3) is 0 Å². The van der Waals surface area contributed by atoms with E-state index in [1.807, 2.05) is 24.3 Å². The monoisotopic (exact) mass is 401 g/mol. The van der Waals surface area contributed by atoms with Crippen LogP contribution in [0.1, 0.15) is 16.5 Å². The molecule has 0 aromatic heterocycles. The Kier molecular flexibility index (Phi) is 4.42. The van der Waals surface area contributed by atoms with Crippen LogP contribution >= 0.6 is 27.7 Å². The lowest BCUT2D eigenvalue weighted by atomic mass is 10.1. The molecule has 1 unspecified atom stereocenters. The van der Waals surface area contributed by atoms with E-state index < -0.39 is 11.7 Å². The van der Waals surface area contributed by atoms with Crippen molar-refractivity contribution in [1.82, 2.24) is 0 Å². The van der Waals surface area contributed by atoms with E-state index in [2.05, 4.69) is 15.9 Å². The Hall–Kier alpha value is -1.47. The molecular formula is C16H11BrF3NOS. The first-order valence-electron chi connectivity index (χ1n) is 6.72. The van der Waals surface area contributed by atoms with Gasteiger partial charge in [0.2, 0.25) is 5.91 Å². The zero-order valence-corrected chi connectivity index (χ0v) is 14.1. The zero-order valence-electron chi connectivity index (χ0n) is 11.7. The summed E-state index contributed by atoms with van der Waals surface area (Å²) in [5.74, 6) is 0.0546. The average molecular weight is 402 g/mol. The van der Waals surface area contributed by atoms with E-state index in [0.717, 1.165) is 22.2 Å². The molecule has 7 heteroatoms. The van der Waals surface area contributed by atoms with Gasteiger partial charge in [-0.2, -0.15) is 13.2 Å². The van der Waals surface area contributed by atoms with Crippen molar-refractivity contribution in [3.05, 3.63) is 64.1 Å². The SMILES string of the molecule is O=C1CSC(c2ccc(Br)cc2)N1c1cccc(C(F)(F)F)c1. The molecule has 1 heterocycles. The molecule has 1 saturated heterocycles. The fourth-order valence-electron chi connectivity index (χ4n) is 2.41. The Labute approximate surface area is 143 Å². The third-order valence-electron chi connectivity index (χ3n) is 3.47. The summed E-state index contributed by atoms with van der Waals surface area (Å²) in [5.41, 5.74) is 0.387. The van der Waals surface area contributed by atoms with Gasteiger partial charge in [0.1, 0.15) is 5.37 Å². The number of thioether (sulfide) groups is 1. The van der Waals surface area contributed by atoms with Crippen molar-refractivity contribution in [3.8, 4) is 0 Å². The molecule has 2 aromatic rings. The number of hydrogen-bond donors (Lipinski definition) is 0. The van der Waals surface area contributed by atoms with Crippen molar-refractivity contribution in [2.45, 2.75) is 11.6 Å². The molecule has 0 radical (unpaired) electrons. The van der Waals surface area contributed by atoms with Crippen LogP contribution in [-0.2, 0) is 11.0 Å². The summed E-state index contributed by atoms with van der Waals surface area (Å²) in [6.07, 6.45) is -4.43. The summed E-state index contributed by atoms with van der Waals surface area (Å²) >= 11 is 4.75. The Morgan fingerprint density at radius 2 is 1.83 bits per heavy atom. The summed E-state index contributed by atoms with van der Waals surface area (Å²) in [4.78, 5) is 13.6. The van der Waals surface area contributed by atoms with Crippen molar-refractivity contribution in [3.63, 3.8) is 0 Å². The number of anilines is 1. The maximum atomic E-state index is 12.9. The normalized spacial score (nSPS) is 18.5. The number of benzene rings is 2. The van der Waals surface area contributed by atoms with Gasteiger partial charge < -0.3 is 0 Å². The summed E-state index contributed by atoms with van der Waals surface area (Å²) in [7, 11) is 0. The molecule has 0 saturated carbocycles. The molecule has 2 nitrogen and oxygen atoms in total. The van der Waals surface area contributed by atoms with Gasteiger partial charge in [-0.25, -0.2) is 0 Å². The van der Waals surface area contributed by atoms with Crippen LogP contribution < -0.4 is 4.90 Å². The van der Waals surface area contributed by atoms with Crippen molar-refractivity contribution >= 4 is 39.3 Å². The predicted molar refractivity (Wildman–Crippen MR) is 88.3 cm³/mol. The third-order valence-corrected chi connectivity index (χ3v) is 5.22. The Balaban J connectivity index is 1.99. The molecule has 1 amide bonds. The van der Waals surface area contributed by atoms with E-state index in [9.17, 15) is 18.0 Å². The number of carbonyl (C=O) groups is 1. The Morgan fingerprint density at radius 3 is 2.48 bits per heavy atom. The lowest BCUT2D eigenvalue weighted by Crippen LogP contribution is -2.28. The smallest absolute Gasteiger partial charge is 0.295 e. The molecule has 1 fully saturated rings. The maximum absolute atomic E-state index is 12.9. The predicted octanol–water partition coefficient (Wildman–Crippen LogP) is 5.25. The molecule has 1 aliphatic heterocycles. The molecule has 0 bridgehead atoms. The average Bonchev–Trinajstić information content (AvgIpc) is 2.89. The topological polar surface area (TPSA) is 20.3 Å². The fraction of sp³-hybridized carbons (Fsp3) is 0.188. The van der Waals surface area contributed by atoms with E-state index in [-0.39, 0.29) is 22.7 Å². The lowest BCUT2D eigenvalue weighted by molar-refractivity contribution is -0.137. The van der Waals surface area contributed by atoms with Gasteiger partial charge in [0.15, 0.2) is 0 Å². The highest BCUT2D eigenvalue weighted by molar-refractivity contribution is 9.10. The summed E-state index contributed by atoms with van der Waals surface area (Å²) < 4.78 is 39.6. The van der Waals surface area contributed by atoms with Gasteiger partial charge in [0.05, 0.1) is 11.3 Å². The van der Waals surface area contributed by atoms with Crippen LogP contribution in [-0.4, -0.2) is 11.7 Å². The van der Waals surface area contributed by atoms with Crippen LogP contribution in [0.25, 0.3) is 0 Å². The summed E-state index contributed by atoms with van der Waals surface area (Å²) in [6, 6.07) is 12.3. The maximum Gasteiger partial charge on any atom is 0.416 e. The van der Waals surface area contributed by atoms with Crippen molar-refractivity contribution in [1.29, 1.82) is 0 Å². The molecule has 0 N–H and O–H groups in total. The minimum atomic E-state index is -4.43. The second kappa shape index (κ2) is 6.20. The van der Waals surface area contributed by atoms with Gasteiger partial charge in [0, 0.05) is 10.2 Å². The summed E-state index contributed by atoms with van der Waals surface area (Å²) in [5, 5.41) is -0.320. The number of halogens is 4. The molecule has 0 aliphatic carbocycles. The Morgan fingerprint density at radius 1 is 1.13 bits per heavy atom. The zero-order chi connectivity index (χ0) is 16.6. The van der Waals surface area contributed by atoms with E-state index in [1.54, 1.807) is 0 Å². The molecule has 1 aliphatic rings.